The van der Waals surface area contributed by atoms with Gasteiger partial charge in [-0.3, -0.25) is 14.4 Å². The van der Waals surface area contributed by atoms with Gasteiger partial charge in [0.1, 0.15) is 11.5 Å². The van der Waals surface area contributed by atoms with Crippen molar-refractivity contribution >= 4 is 11.6 Å². The molecule has 0 radical (unpaired) electrons. The maximum Gasteiger partial charge on any atom is 0.227 e. The number of benzene rings is 2. The molecule has 0 saturated heterocycles. The van der Waals surface area contributed by atoms with E-state index >= 15 is 0 Å². The fourth-order valence-electron chi connectivity index (χ4n) is 3.84. The van der Waals surface area contributed by atoms with E-state index in [9.17, 15) is 19.5 Å². The molecule has 0 fully saturated rings. The lowest BCUT2D eigenvalue weighted by atomic mass is 9.80. The summed E-state index contributed by atoms with van der Waals surface area (Å²) in [6.07, 6.45) is 0. The Bertz CT molecular complexity index is 1150. The molecular weight excluding hydrogens is 372 g/mol. The highest BCUT2D eigenvalue weighted by Gasteiger charge is 2.46. The number of hydrogen-bond donors (Lipinski definition) is 1. The fourth-order valence-corrected chi connectivity index (χ4v) is 3.84. The number of rotatable bonds is 4. The number of hydrogen-bond acceptors (Lipinski definition) is 6. The smallest absolute Gasteiger partial charge is 0.227 e. The molecule has 6 nitrogen and oxygen atoms in total. The Morgan fingerprint density at radius 3 is 2.24 bits per heavy atom. The average molecular weight is 390 g/mol. The summed E-state index contributed by atoms with van der Waals surface area (Å²) in [5.41, 5.74) is 0.537. The van der Waals surface area contributed by atoms with Gasteiger partial charge >= 0.3 is 0 Å². The van der Waals surface area contributed by atoms with Gasteiger partial charge in [0, 0.05) is 17.2 Å². The fraction of sp³-hybridized carbons (Fsp3) is 0.174. The summed E-state index contributed by atoms with van der Waals surface area (Å²) in [6, 6.07) is 14.6. The summed E-state index contributed by atoms with van der Waals surface area (Å²) in [7, 11) is 1.50. The Morgan fingerprint density at radius 1 is 0.966 bits per heavy atom. The van der Waals surface area contributed by atoms with E-state index in [-0.39, 0.29) is 23.1 Å². The van der Waals surface area contributed by atoms with Crippen molar-refractivity contribution in [3.8, 4) is 11.5 Å². The predicted molar refractivity (Wildman–Crippen MR) is 105 cm³/mol. The molecule has 0 bridgehead atoms. The van der Waals surface area contributed by atoms with E-state index in [1.807, 2.05) is 0 Å². The summed E-state index contributed by atoms with van der Waals surface area (Å²) in [6.45, 7) is 1.57. The minimum Gasteiger partial charge on any atom is -0.502 e. The van der Waals surface area contributed by atoms with E-state index in [0.717, 1.165) is 6.07 Å². The first kappa shape index (κ1) is 18.7. The van der Waals surface area contributed by atoms with E-state index in [1.54, 1.807) is 55.5 Å². The molecule has 1 aromatic heterocycles. The Hall–Kier alpha value is -3.67. The zero-order chi connectivity index (χ0) is 20.7. The van der Waals surface area contributed by atoms with Crippen LogP contribution in [0.3, 0.4) is 0 Å². The molecule has 29 heavy (non-hydrogen) atoms. The Morgan fingerprint density at radius 2 is 1.62 bits per heavy atom. The lowest BCUT2D eigenvalue weighted by Gasteiger charge is -2.22. The maximum absolute atomic E-state index is 13.2. The van der Waals surface area contributed by atoms with Crippen LogP contribution in [0.2, 0.25) is 0 Å². The molecule has 1 aliphatic carbocycles. The minimum atomic E-state index is -1.16. The molecule has 0 amide bonds. The van der Waals surface area contributed by atoms with Crippen molar-refractivity contribution in [1.29, 1.82) is 0 Å². The van der Waals surface area contributed by atoms with Crippen LogP contribution in [0.5, 0.6) is 11.5 Å². The van der Waals surface area contributed by atoms with Gasteiger partial charge in [-0.1, -0.05) is 36.4 Å². The highest BCUT2D eigenvalue weighted by molar-refractivity contribution is 6.27. The molecule has 0 aliphatic heterocycles. The monoisotopic (exact) mass is 390 g/mol. The molecule has 6 heteroatoms. The molecule has 1 atom stereocenters. The lowest BCUT2D eigenvalue weighted by Crippen LogP contribution is -2.26. The molecule has 4 rings (SSSR count). The molecule has 0 spiro atoms. The van der Waals surface area contributed by atoms with Crippen molar-refractivity contribution in [1.82, 2.24) is 0 Å². The summed E-state index contributed by atoms with van der Waals surface area (Å²) in [5.74, 6) is -2.82. The number of methoxy groups -OCH3 is 1. The van der Waals surface area contributed by atoms with E-state index < -0.39 is 23.0 Å². The van der Waals surface area contributed by atoms with Gasteiger partial charge in [-0.15, -0.1) is 0 Å². The van der Waals surface area contributed by atoms with Gasteiger partial charge < -0.3 is 14.3 Å². The Kier molecular flexibility index (Phi) is 4.54. The number of ketones is 2. The third-order valence-corrected chi connectivity index (χ3v) is 5.16. The molecule has 1 N–H and O–H groups in total. The van der Waals surface area contributed by atoms with Crippen molar-refractivity contribution < 1.29 is 23.8 Å². The number of Topliss-reactive ketones (excluding diaryl/α,β-unsaturated/α-hetero) is 2. The van der Waals surface area contributed by atoms with Crippen LogP contribution >= 0.6 is 0 Å². The second-order valence-electron chi connectivity index (χ2n) is 6.94. The van der Waals surface area contributed by atoms with Gasteiger partial charge in [0.15, 0.2) is 17.3 Å². The van der Waals surface area contributed by atoms with Crippen LogP contribution < -0.4 is 10.2 Å². The minimum absolute atomic E-state index is 0.109. The van der Waals surface area contributed by atoms with Gasteiger partial charge in [-0.05, 0) is 24.6 Å². The van der Waals surface area contributed by atoms with Crippen LogP contribution in [-0.2, 0) is 0 Å². The predicted octanol–water partition coefficient (Wildman–Crippen LogP) is 3.49. The van der Waals surface area contributed by atoms with Crippen LogP contribution in [0.4, 0.5) is 0 Å². The van der Waals surface area contributed by atoms with Crippen molar-refractivity contribution in [2.24, 2.45) is 5.92 Å². The first-order valence-electron chi connectivity index (χ1n) is 9.07. The van der Waals surface area contributed by atoms with Gasteiger partial charge in [0.05, 0.1) is 18.9 Å². The largest absolute Gasteiger partial charge is 0.502 e. The Labute approximate surface area is 166 Å². The first-order chi connectivity index (χ1) is 13.9. The zero-order valence-electron chi connectivity index (χ0n) is 15.8. The average Bonchev–Trinajstić information content (AvgIpc) is 2.97. The molecule has 1 aliphatic rings. The molecule has 1 unspecified atom stereocenters. The summed E-state index contributed by atoms with van der Waals surface area (Å²) in [4.78, 5) is 38.6. The molecular formula is C23H18O6. The molecule has 1 heterocycles. The van der Waals surface area contributed by atoms with Crippen LogP contribution in [0.15, 0.2) is 63.8 Å². The zero-order valence-corrected chi connectivity index (χ0v) is 15.8. The van der Waals surface area contributed by atoms with Gasteiger partial charge in [-0.25, -0.2) is 0 Å². The Balaban J connectivity index is 1.97. The first-order valence-corrected chi connectivity index (χ1v) is 9.07. The third kappa shape index (κ3) is 3.02. The molecule has 0 saturated carbocycles. The van der Waals surface area contributed by atoms with E-state index in [4.69, 9.17) is 9.15 Å². The molecule has 3 aromatic rings. The van der Waals surface area contributed by atoms with Crippen LogP contribution in [0.1, 0.15) is 43.7 Å². The highest BCUT2D eigenvalue weighted by Crippen LogP contribution is 2.43. The number of aryl methyl sites for hydroxylation is 1. The van der Waals surface area contributed by atoms with Crippen LogP contribution in [0, 0.1) is 12.8 Å². The van der Waals surface area contributed by atoms with E-state index in [0.29, 0.717) is 22.4 Å². The number of aromatic hydroxyl groups is 1. The summed E-state index contributed by atoms with van der Waals surface area (Å²) < 4.78 is 11.0. The number of fused-ring (bicyclic) bond motifs is 1. The van der Waals surface area contributed by atoms with Gasteiger partial charge in [-0.2, -0.15) is 0 Å². The normalized spacial score (nSPS) is 14.7. The number of carbonyl (C=O) groups excluding carboxylic acids is 2. The van der Waals surface area contributed by atoms with Crippen molar-refractivity contribution in [2.45, 2.75) is 12.8 Å². The van der Waals surface area contributed by atoms with Crippen molar-refractivity contribution in [2.75, 3.05) is 7.11 Å². The second-order valence-corrected chi connectivity index (χ2v) is 6.94. The standard InChI is InChI=1S/C23H18O6/c1-12-10-17(24)22(27)23(29-12)18(13-6-5-7-14(11-13)28-2)19-20(25)15-8-3-4-9-16(15)21(19)26/h3-11,18-19,27H,1-2H3. The molecule has 146 valence electrons. The number of carbonyl (C=O) groups is 2. The quantitative estimate of drug-likeness (QED) is 0.686. The van der Waals surface area contributed by atoms with Gasteiger partial charge in [0.25, 0.3) is 0 Å². The second kappa shape index (κ2) is 7.05. The van der Waals surface area contributed by atoms with Crippen LogP contribution in [-0.4, -0.2) is 23.8 Å². The van der Waals surface area contributed by atoms with E-state index in [1.165, 1.54) is 7.11 Å². The highest BCUT2D eigenvalue weighted by atomic mass is 16.5. The van der Waals surface area contributed by atoms with Crippen LogP contribution in [0.25, 0.3) is 0 Å². The van der Waals surface area contributed by atoms with E-state index in [2.05, 4.69) is 0 Å². The summed E-state index contributed by atoms with van der Waals surface area (Å²) in [5, 5.41) is 10.5. The van der Waals surface area contributed by atoms with Crippen molar-refractivity contribution in [3.63, 3.8) is 0 Å². The SMILES string of the molecule is COc1cccc(C(c2oc(C)cc(=O)c2O)C2C(=O)c3ccccc3C2=O)c1. The summed E-state index contributed by atoms with van der Waals surface area (Å²) >= 11 is 0. The maximum atomic E-state index is 13.2. The van der Waals surface area contributed by atoms with Gasteiger partial charge in [0.2, 0.25) is 11.2 Å². The topological polar surface area (TPSA) is 93.8 Å². The molecule has 2 aromatic carbocycles. The lowest BCUT2D eigenvalue weighted by molar-refractivity contribution is 0.0816. The third-order valence-electron chi connectivity index (χ3n) is 5.16. The van der Waals surface area contributed by atoms with Crippen molar-refractivity contribution in [3.05, 3.63) is 93.0 Å². The number of ether oxygens (including phenoxy) is 1.